The fourth-order valence-corrected chi connectivity index (χ4v) is 4.02. The van der Waals surface area contributed by atoms with Crippen LogP contribution in [0.5, 0.6) is 11.5 Å². The lowest BCUT2D eigenvalue weighted by atomic mass is 10.1. The smallest absolute Gasteiger partial charge is 0.230 e. The Balaban J connectivity index is 1.89. The van der Waals surface area contributed by atoms with Crippen molar-refractivity contribution >= 4 is 29.0 Å². The summed E-state index contributed by atoms with van der Waals surface area (Å²) in [5, 5.41) is 5.10. The Bertz CT molecular complexity index is 659. The first-order chi connectivity index (χ1) is 12.1. The number of rotatable bonds is 10. The van der Waals surface area contributed by atoms with Crippen molar-refractivity contribution in [3.8, 4) is 11.5 Å². The largest absolute Gasteiger partial charge is 0.490 e. The number of amides is 1. The van der Waals surface area contributed by atoms with Crippen LogP contribution in [0.15, 0.2) is 35.7 Å². The molecule has 1 amide bonds. The molecule has 1 aromatic heterocycles. The van der Waals surface area contributed by atoms with Crippen LogP contribution in [0.2, 0.25) is 0 Å². The van der Waals surface area contributed by atoms with Gasteiger partial charge in [0.1, 0.15) is 0 Å². The zero-order valence-electron chi connectivity index (χ0n) is 14.9. The molecule has 2 rings (SSSR count). The molecule has 0 radical (unpaired) electrons. The van der Waals surface area contributed by atoms with Crippen molar-refractivity contribution in [3.63, 3.8) is 0 Å². The first-order valence-electron chi connectivity index (χ1n) is 8.43. The zero-order chi connectivity index (χ0) is 18.1. The molecular weight excluding hydrogens is 354 g/mol. The van der Waals surface area contributed by atoms with E-state index in [1.165, 1.54) is 4.88 Å². The molecule has 0 unspecified atom stereocenters. The third-order valence-electron chi connectivity index (χ3n) is 3.50. The van der Waals surface area contributed by atoms with Crippen molar-refractivity contribution in [3.05, 3.63) is 46.2 Å². The van der Waals surface area contributed by atoms with E-state index in [0.717, 1.165) is 22.8 Å². The second-order valence-electron chi connectivity index (χ2n) is 5.43. The average molecular weight is 380 g/mol. The minimum atomic E-state index is -0.0790. The minimum absolute atomic E-state index is 0.0425. The highest BCUT2D eigenvalue weighted by Crippen LogP contribution is 2.30. The summed E-state index contributed by atoms with van der Waals surface area (Å²) in [6, 6.07) is 9.86. The molecule has 1 N–H and O–H groups in total. The number of thiophene rings is 1. The highest BCUT2D eigenvalue weighted by Gasteiger charge is 2.13. The molecule has 4 nitrogen and oxygen atoms in total. The van der Waals surface area contributed by atoms with Gasteiger partial charge in [-0.3, -0.25) is 4.79 Å². The Hall–Kier alpha value is -1.66. The second-order valence-corrected chi connectivity index (χ2v) is 7.45. The first-order valence-corrected chi connectivity index (χ1v) is 10.5. The van der Waals surface area contributed by atoms with Crippen molar-refractivity contribution in [2.75, 3.05) is 19.0 Å². The maximum absolute atomic E-state index is 12.2. The fourth-order valence-electron chi connectivity index (χ4n) is 2.34. The number of ether oxygens (including phenoxy) is 2. The third kappa shape index (κ3) is 6.29. The molecule has 0 aliphatic rings. The van der Waals surface area contributed by atoms with Gasteiger partial charge in [-0.25, -0.2) is 0 Å². The van der Waals surface area contributed by atoms with Crippen molar-refractivity contribution in [1.29, 1.82) is 0 Å². The van der Waals surface area contributed by atoms with Crippen LogP contribution in [0.3, 0.4) is 0 Å². The Kier molecular flexibility index (Phi) is 8.15. The summed E-state index contributed by atoms with van der Waals surface area (Å²) in [6.45, 7) is 7.03. The van der Waals surface area contributed by atoms with Gasteiger partial charge in [0.2, 0.25) is 5.91 Å². The maximum atomic E-state index is 12.2. The van der Waals surface area contributed by atoms with Crippen molar-refractivity contribution in [2.45, 2.75) is 32.6 Å². The SMILES string of the molecule is CCOc1ccc([C@H](C)NC(=O)CSCc2cccs2)cc1OCC. The summed E-state index contributed by atoms with van der Waals surface area (Å²) in [4.78, 5) is 13.4. The lowest BCUT2D eigenvalue weighted by molar-refractivity contribution is -0.119. The van der Waals surface area contributed by atoms with E-state index in [1.54, 1.807) is 23.1 Å². The number of benzene rings is 1. The van der Waals surface area contributed by atoms with Gasteiger partial charge in [0, 0.05) is 10.6 Å². The zero-order valence-corrected chi connectivity index (χ0v) is 16.5. The highest BCUT2D eigenvalue weighted by atomic mass is 32.2. The van der Waals surface area contributed by atoms with Crippen molar-refractivity contribution < 1.29 is 14.3 Å². The van der Waals surface area contributed by atoms with Gasteiger partial charge in [0.15, 0.2) is 11.5 Å². The summed E-state index contributed by atoms with van der Waals surface area (Å²) in [5.41, 5.74) is 1.00. The van der Waals surface area contributed by atoms with Gasteiger partial charge < -0.3 is 14.8 Å². The number of hydrogen-bond acceptors (Lipinski definition) is 5. The van der Waals surface area contributed by atoms with Crippen LogP contribution in [0.4, 0.5) is 0 Å². The van der Waals surface area contributed by atoms with Gasteiger partial charge in [0.25, 0.3) is 0 Å². The van der Waals surface area contributed by atoms with E-state index in [4.69, 9.17) is 9.47 Å². The Morgan fingerprint density at radius 1 is 1.20 bits per heavy atom. The quantitative estimate of drug-likeness (QED) is 0.652. The summed E-state index contributed by atoms with van der Waals surface area (Å²) in [6.07, 6.45) is 0. The Morgan fingerprint density at radius 3 is 2.64 bits per heavy atom. The van der Waals surface area contributed by atoms with Gasteiger partial charge >= 0.3 is 0 Å². The number of nitrogens with one attached hydrogen (secondary N) is 1. The highest BCUT2D eigenvalue weighted by molar-refractivity contribution is 7.99. The van der Waals surface area contributed by atoms with E-state index >= 15 is 0 Å². The van der Waals surface area contributed by atoms with Crippen LogP contribution in [0.25, 0.3) is 0 Å². The lowest BCUT2D eigenvalue weighted by Gasteiger charge is -2.17. The summed E-state index contributed by atoms with van der Waals surface area (Å²) >= 11 is 3.35. The van der Waals surface area contributed by atoms with Crippen LogP contribution < -0.4 is 14.8 Å². The topological polar surface area (TPSA) is 47.6 Å². The molecule has 0 saturated carbocycles. The molecule has 0 aliphatic carbocycles. The number of hydrogen-bond donors (Lipinski definition) is 1. The summed E-state index contributed by atoms with van der Waals surface area (Å²) in [5.74, 6) is 2.82. The molecule has 1 aromatic carbocycles. The third-order valence-corrected chi connectivity index (χ3v) is 5.54. The normalized spacial score (nSPS) is 11.8. The summed E-state index contributed by atoms with van der Waals surface area (Å²) < 4.78 is 11.2. The monoisotopic (exact) mass is 379 g/mol. The maximum Gasteiger partial charge on any atom is 0.230 e. The predicted molar refractivity (Wildman–Crippen MR) is 106 cm³/mol. The standard InChI is InChI=1S/C19H25NO3S2/c1-4-22-17-9-8-15(11-18(17)23-5-2)14(3)20-19(21)13-24-12-16-7-6-10-25-16/h6-11,14H,4-5,12-13H2,1-3H3,(H,20,21)/t14-/m0/s1. The molecule has 25 heavy (non-hydrogen) atoms. The molecule has 1 heterocycles. The van der Waals surface area contributed by atoms with Crippen LogP contribution in [-0.4, -0.2) is 24.9 Å². The Morgan fingerprint density at radius 2 is 1.96 bits per heavy atom. The van der Waals surface area contributed by atoms with E-state index in [1.807, 2.05) is 45.0 Å². The molecule has 0 spiro atoms. The fraction of sp³-hybridized carbons (Fsp3) is 0.421. The average Bonchev–Trinajstić information content (AvgIpc) is 3.10. The van der Waals surface area contributed by atoms with E-state index in [2.05, 4.69) is 16.8 Å². The molecule has 2 aromatic rings. The molecule has 136 valence electrons. The molecule has 1 atom stereocenters. The molecule has 0 bridgehead atoms. The van der Waals surface area contributed by atoms with Gasteiger partial charge in [-0.2, -0.15) is 0 Å². The van der Waals surface area contributed by atoms with Crippen molar-refractivity contribution in [1.82, 2.24) is 5.32 Å². The van der Waals surface area contributed by atoms with Crippen LogP contribution >= 0.6 is 23.1 Å². The second kappa shape index (κ2) is 10.4. The van der Waals surface area contributed by atoms with E-state index < -0.39 is 0 Å². The summed E-state index contributed by atoms with van der Waals surface area (Å²) in [7, 11) is 0. The predicted octanol–water partition coefficient (Wildman–Crippen LogP) is 4.66. The number of thioether (sulfide) groups is 1. The van der Waals surface area contributed by atoms with Crippen LogP contribution in [0.1, 0.15) is 37.3 Å². The number of carbonyl (C=O) groups excluding carboxylic acids is 1. The van der Waals surface area contributed by atoms with Gasteiger partial charge in [-0.05, 0) is 49.9 Å². The minimum Gasteiger partial charge on any atom is -0.490 e. The van der Waals surface area contributed by atoms with E-state index in [0.29, 0.717) is 19.0 Å². The van der Waals surface area contributed by atoms with Gasteiger partial charge in [-0.15, -0.1) is 23.1 Å². The molecular formula is C19H25NO3S2. The first kappa shape index (κ1) is 19.7. The Labute approximate surface area is 157 Å². The molecule has 0 saturated heterocycles. The molecule has 0 aliphatic heterocycles. The van der Waals surface area contributed by atoms with Crippen LogP contribution in [0, 0.1) is 0 Å². The van der Waals surface area contributed by atoms with Gasteiger partial charge in [0.05, 0.1) is 25.0 Å². The molecule has 6 heteroatoms. The number of carbonyl (C=O) groups is 1. The van der Waals surface area contributed by atoms with Crippen molar-refractivity contribution in [2.24, 2.45) is 0 Å². The lowest BCUT2D eigenvalue weighted by Crippen LogP contribution is -2.28. The van der Waals surface area contributed by atoms with Crippen LogP contribution in [-0.2, 0) is 10.5 Å². The van der Waals surface area contributed by atoms with E-state index in [9.17, 15) is 4.79 Å². The van der Waals surface area contributed by atoms with E-state index in [-0.39, 0.29) is 11.9 Å². The van der Waals surface area contributed by atoms with Gasteiger partial charge in [-0.1, -0.05) is 12.1 Å². The molecule has 0 fully saturated rings.